The molecule has 4 heteroatoms. The topological polar surface area (TPSA) is 80.9 Å². The van der Waals surface area contributed by atoms with Crippen LogP contribution >= 0.6 is 0 Å². The zero-order valence-corrected chi connectivity index (χ0v) is 25.5. The molecule has 2 aliphatic carbocycles. The van der Waals surface area contributed by atoms with E-state index in [-0.39, 0.29) is 6.42 Å². The fourth-order valence-electron chi connectivity index (χ4n) is 8.06. The van der Waals surface area contributed by atoms with Gasteiger partial charge in [-0.25, -0.2) is 0 Å². The highest BCUT2D eigenvalue weighted by molar-refractivity contribution is 5.49. The van der Waals surface area contributed by atoms with Crippen molar-refractivity contribution in [3.63, 3.8) is 0 Å². The molecule has 4 nitrogen and oxygen atoms in total. The molecule has 4 N–H and O–H groups in total. The van der Waals surface area contributed by atoms with Gasteiger partial charge in [0.1, 0.15) is 11.2 Å². The Morgan fingerprint density at radius 3 is 1.08 bits per heavy atom. The van der Waals surface area contributed by atoms with Crippen molar-refractivity contribution in [3.8, 4) is 0 Å². The van der Waals surface area contributed by atoms with Crippen molar-refractivity contribution in [2.24, 2.45) is 10.8 Å². The molecule has 2 aromatic carbocycles. The molecule has 0 radical (unpaired) electrons. The lowest BCUT2D eigenvalue weighted by molar-refractivity contribution is -0.104. The van der Waals surface area contributed by atoms with Gasteiger partial charge in [0.2, 0.25) is 0 Å². The van der Waals surface area contributed by atoms with Crippen LogP contribution in [0, 0.1) is 38.5 Å². The minimum atomic E-state index is -1.40. The number of hydrogen-bond donors (Lipinski definition) is 4. The van der Waals surface area contributed by atoms with Gasteiger partial charge in [-0.05, 0) is 83.1 Å². The first-order valence-electron chi connectivity index (χ1n) is 14.1. The zero-order chi connectivity index (χ0) is 29.4. The minimum absolute atomic E-state index is 0.201. The second-order valence-electron chi connectivity index (χ2n) is 14.5. The molecular formula is C35H48O4. The van der Waals surface area contributed by atoms with E-state index >= 15 is 0 Å². The Kier molecular flexibility index (Phi) is 6.97. The highest BCUT2D eigenvalue weighted by atomic mass is 16.3. The molecular weight excluding hydrogens is 484 g/mol. The van der Waals surface area contributed by atoms with Crippen molar-refractivity contribution in [1.29, 1.82) is 0 Å². The summed E-state index contributed by atoms with van der Waals surface area (Å²) in [5.41, 5.74) is 0.533. The first-order valence-corrected chi connectivity index (χ1v) is 14.1. The molecule has 2 aromatic rings. The van der Waals surface area contributed by atoms with Crippen LogP contribution in [0.5, 0.6) is 0 Å². The van der Waals surface area contributed by atoms with Gasteiger partial charge >= 0.3 is 0 Å². The molecule has 0 saturated carbocycles. The Hall–Kier alpha value is -2.24. The predicted molar refractivity (Wildman–Crippen MR) is 158 cm³/mol. The fourth-order valence-corrected chi connectivity index (χ4v) is 8.06. The van der Waals surface area contributed by atoms with Crippen LogP contribution in [0.25, 0.3) is 0 Å². The van der Waals surface area contributed by atoms with E-state index in [1.807, 2.05) is 79.7 Å². The van der Waals surface area contributed by atoms with E-state index in [2.05, 4.69) is 12.1 Å². The van der Waals surface area contributed by atoms with E-state index in [0.717, 1.165) is 33.4 Å². The third-order valence-corrected chi connectivity index (χ3v) is 9.12. The summed E-state index contributed by atoms with van der Waals surface area (Å²) >= 11 is 0. The van der Waals surface area contributed by atoms with Crippen molar-refractivity contribution in [2.75, 3.05) is 0 Å². The smallest absolute Gasteiger partial charge is 0.116 e. The van der Waals surface area contributed by atoms with Crippen molar-refractivity contribution in [3.05, 3.63) is 93.1 Å². The van der Waals surface area contributed by atoms with Gasteiger partial charge in [-0.2, -0.15) is 0 Å². The van der Waals surface area contributed by atoms with Crippen molar-refractivity contribution < 1.29 is 20.4 Å². The number of rotatable bonds is 4. The lowest BCUT2D eigenvalue weighted by atomic mass is 9.54. The fraction of sp³-hybridized carbons (Fsp3) is 0.543. The highest BCUT2D eigenvalue weighted by Crippen LogP contribution is 2.59. The van der Waals surface area contributed by atoms with Crippen LogP contribution in [-0.4, -0.2) is 31.6 Å². The summed E-state index contributed by atoms with van der Waals surface area (Å²) < 4.78 is 0. The normalized spacial score (nSPS) is 33.9. The van der Waals surface area contributed by atoms with Crippen molar-refractivity contribution in [2.45, 2.75) is 111 Å². The van der Waals surface area contributed by atoms with Crippen LogP contribution in [-0.2, 0) is 11.2 Å². The first kappa shape index (κ1) is 29.7. The number of benzene rings is 2. The molecule has 0 bridgehead atoms. The molecule has 0 saturated heterocycles. The number of aliphatic hydroxyl groups is 4. The van der Waals surface area contributed by atoms with E-state index in [1.165, 1.54) is 0 Å². The van der Waals surface area contributed by atoms with Crippen molar-refractivity contribution in [1.82, 2.24) is 0 Å². The van der Waals surface area contributed by atoms with E-state index in [0.29, 0.717) is 24.0 Å². The third kappa shape index (κ3) is 5.06. The SMILES string of the molecule is Cc1cc(C)cc(C2(O)C(CC3=CC(C)(O)CC(C)(C)C3(O)c3cc(C)cc(C)c3)=CC(C)(O)CC2(C)C)c1. The van der Waals surface area contributed by atoms with E-state index < -0.39 is 33.2 Å². The number of hydrogen-bond acceptors (Lipinski definition) is 4. The van der Waals surface area contributed by atoms with Crippen LogP contribution in [0.15, 0.2) is 59.7 Å². The summed E-state index contributed by atoms with van der Waals surface area (Å²) in [6, 6.07) is 12.3. The second kappa shape index (κ2) is 9.14. The Balaban J connectivity index is 1.99. The summed E-state index contributed by atoms with van der Waals surface area (Å²) in [7, 11) is 0. The maximum Gasteiger partial charge on any atom is 0.116 e. The molecule has 0 aromatic heterocycles. The standard InChI is InChI=1S/C35H48O4/c1-22-11-23(2)14-26(13-22)34(38)28(18-32(9,36)20-30(34,5)6)17-29-19-33(10,37)21-31(7,8)35(29,39)27-15-24(3)12-25(4)16-27/h11-16,18-19,36-39H,17,20-21H2,1-10H3. The van der Waals surface area contributed by atoms with Crippen LogP contribution in [0.4, 0.5) is 0 Å². The molecule has 4 rings (SSSR count). The van der Waals surface area contributed by atoms with Gasteiger partial charge in [0.25, 0.3) is 0 Å². The number of aryl methyl sites for hydroxylation is 4. The van der Waals surface area contributed by atoms with Gasteiger partial charge in [0, 0.05) is 10.8 Å². The maximum absolute atomic E-state index is 12.8. The summed E-state index contributed by atoms with van der Waals surface area (Å²) in [6.45, 7) is 19.6. The first-order chi connectivity index (χ1) is 17.6. The maximum atomic E-state index is 12.8. The minimum Gasteiger partial charge on any atom is -0.386 e. The second-order valence-corrected chi connectivity index (χ2v) is 14.5. The Labute approximate surface area is 235 Å². The summed E-state index contributed by atoms with van der Waals surface area (Å²) in [4.78, 5) is 0. The molecule has 0 amide bonds. The molecule has 0 fully saturated rings. The molecule has 2 aliphatic rings. The van der Waals surface area contributed by atoms with Gasteiger partial charge < -0.3 is 20.4 Å². The largest absolute Gasteiger partial charge is 0.386 e. The molecule has 4 unspecified atom stereocenters. The molecule has 0 spiro atoms. The average Bonchev–Trinajstić information content (AvgIpc) is 2.71. The lowest BCUT2D eigenvalue weighted by Gasteiger charge is -2.55. The van der Waals surface area contributed by atoms with Crippen LogP contribution in [0.1, 0.15) is 94.2 Å². The quantitative estimate of drug-likeness (QED) is 0.335. The zero-order valence-electron chi connectivity index (χ0n) is 25.5. The molecule has 39 heavy (non-hydrogen) atoms. The monoisotopic (exact) mass is 532 g/mol. The van der Waals surface area contributed by atoms with Gasteiger partial charge in [-0.15, -0.1) is 0 Å². The molecule has 0 aliphatic heterocycles. The van der Waals surface area contributed by atoms with Crippen molar-refractivity contribution >= 4 is 0 Å². The third-order valence-electron chi connectivity index (χ3n) is 9.12. The molecule has 212 valence electrons. The Morgan fingerprint density at radius 2 is 0.795 bits per heavy atom. The summed E-state index contributed by atoms with van der Waals surface area (Å²) in [5.74, 6) is 0. The highest BCUT2D eigenvalue weighted by Gasteiger charge is 2.57. The Bertz CT molecular complexity index is 1210. The van der Waals surface area contributed by atoms with E-state index in [9.17, 15) is 20.4 Å². The predicted octanol–water partition coefficient (Wildman–Crippen LogP) is 6.60. The lowest BCUT2D eigenvalue weighted by Crippen LogP contribution is -2.54. The van der Waals surface area contributed by atoms with Gasteiger partial charge in [0.05, 0.1) is 11.2 Å². The van der Waals surface area contributed by atoms with Crippen LogP contribution in [0.3, 0.4) is 0 Å². The van der Waals surface area contributed by atoms with E-state index in [1.54, 1.807) is 26.0 Å². The molecule has 0 heterocycles. The van der Waals surface area contributed by atoms with E-state index in [4.69, 9.17) is 0 Å². The van der Waals surface area contributed by atoms with Crippen LogP contribution < -0.4 is 0 Å². The summed E-state index contributed by atoms with van der Waals surface area (Å²) in [6.07, 6.45) is 4.52. The van der Waals surface area contributed by atoms with Gasteiger partial charge in [0.15, 0.2) is 0 Å². The molecule has 4 atom stereocenters. The van der Waals surface area contributed by atoms with Crippen LogP contribution in [0.2, 0.25) is 0 Å². The average molecular weight is 533 g/mol. The Morgan fingerprint density at radius 1 is 0.513 bits per heavy atom. The van der Waals surface area contributed by atoms with Gasteiger partial charge in [-0.1, -0.05) is 98.5 Å². The summed E-state index contributed by atoms with van der Waals surface area (Å²) in [5, 5.41) is 48.4. The van der Waals surface area contributed by atoms with Gasteiger partial charge in [-0.3, -0.25) is 0 Å².